The van der Waals surface area contributed by atoms with E-state index in [4.69, 9.17) is 62.7 Å². The summed E-state index contributed by atoms with van der Waals surface area (Å²) < 4.78 is 4.89. The van der Waals surface area contributed by atoms with Gasteiger partial charge >= 0.3 is 5.97 Å². The van der Waals surface area contributed by atoms with Gasteiger partial charge in [0.05, 0.1) is 10.1 Å². The van der Waals surface area contributed by atoms with Gasteiger partial charge in [0, 0.05) is 6.42 Å². The maximum atomic E-state index is 11.1. The van der Waals surface area contributed by atoms with Gasteiger partial charge in [-0.25, -0.2) is 0 Å². The third-order valence-electron chi connectivity index (χ3n) is 1.69. The minimum absolute atomic E-state index is 0.0118. The third-order valence-corrected chi connectivity index (χ3v) is 4.29. The number of allylic oxidation sites excluding steroid dienone is 2. The van der Waals surface area contributed by atoms with Crippen molar-refractivity contribution in [2.75, 3.05) is 0 Å². The SMILES string of the molecule is CCC(=O)OC1(Cl)C(Cl)=C(Cl)C(Cl)=C1Cl. The van der Waals surface area contributed by atoms with Crippen LogP contribution in [0.15, 0.2) is 20.1 Å². The molecule has 0 saturated heterocycles. The largest absolute Gasteiger partial charge is 0.432 e. The summed E-state index contributed by atoms with van der Waals surface area (Å²) in [5.74, 6) is -0.558. The molecule has 7 heteroatoms. The van der Waals surface area contributed by atoms with Crippen LogP contribution in [0.3, 0.4) is 0 Å². The van der Waals surface area contributed by atoms with Crippen molar-refractivity contribution in [3.8, 4) is 0 Å². The molecule has 0 aromatic heterocycles. The highest BCUT2D eigenvalue weighted by Gasteiger charge is 2.47. The van der Waals surface area contributed by atoms with Crippen molar-refractivity contribution < 1.29 is 9.53 Å². The minimum Gasteiger partial charge on any atom is -0.432 e. The van der Waals surface area contributed by atoms with Gasteiger partial charge in [0.25, 0.3) is 5.06 Å². The highest BCUT2D eigenvalue weighted by molar-refractivity contribution is 6.58. The van der Waals surface area contributed by atoms with E-state index in [0.717, 1.165) is 0 Å². The highest BCUT2D eigenvalue weighted by atomic mass is 35.5. The molecule has 1 rings (SSSR count). The monoisotopic (exact) mass is 308 g/mol. The van der Waals surface area contributed by atoms with Crippen LogP contribution in [-0.4, -0.2) is 11.0 Å². The zero-order chi connectivity index (χ0) is 11.8. The van der Waals surface area contributed by atoms with Gasteiger partial charge < -0.3 is 4.74 Å². The smallest absolute Gasteiger partial charge is 0.307 e. The second-order valence-electron chi connectivity index (χ2n) is 2.68. The Morgan fingerprint density at radius 3 is 1.93 bits per heavy atom. The van der Waals surface area contributed by atoms with Crippen LogP contribution in [0.2, 0.25) is 0 Å². The van der Waals surface area contributed by atoms with Gasteiger partial charge in [0.1, 0.15) is 10.1 Å². The third kappa shape index (κ3) is 2.25. The Hall–Kier alpha value is 0.400. The van der Waals surface area contributed by atoms with Crippen molar-refractivity contribution >= 4 is 64.0 Å². The first kappa shape index (κ1) is 13.5. The van der Waals surface area contributed by atoms with Crippen LogP contribution < -0.4 is 0 Å². The summed E-state index contributed by atoms with van der Waals surface area (Å²) in [6, 6.07) is 0. The molecule has 0 aromatic carbocycles. The summed E-state index contributed by atoms with van der Waals surface area (Å²) in [5, 5.41) is -2.01. The molecule has 15 heavy (non-hydrogen) atoms. The van der Waals surface area contributed by atoms with Crippen molar-refractivity contribution in [2.45, 2.75) is 18.4 Å². The van der Waals surface area contributed by atoms with Gasteiger partial charge in [0.2, 0.25) is 0 Å². The minimum atomic E-state index is -1.77. The van der Waals surface area contributed by atoms with Gasteiger partial charge in [-0.3, -0.25) is 4.79 Å². The van der Waals surface area contributed by atoms with E-state index in [1.165, 1.54) is 0 Å². The molecule has 1 aliphatic carbocycles. The first-order chi connectivity index (χ1) is 6.84. The normalized spacial score (nSPS) is 19.9. The van der Waals surface area contributed by atoms with Crippen molar-refractivity contribution in [3.63, 3.8) is 0 Å². The van der Waals surface area contributed by atoms with Crippen LogP contribution in [-0.2, 0) is 9.53 Å². The van der Waals surface area contributed by atoms with Crippen LogP contribution in [0.4, 0.5) is 0 Å². The van der Waals surface area contributed by atoms with E-state index in [1.807, 2.05) is 0 Å². The molecular weight excluding hydrogens is 305 g/mol. The fourth-order valence-electron chi connectivity index (χ4n) is 0.890. The maximum absolute atomic E-state index is 11.1. The number of ether oxygens (including phenoxy) is 1. The maximum Gasteiger partial charge on any atom is 0.307 e. The lowest BCUT2D eigenvalue weighted by atomic mass is 10.3. The average Bonchev–Trinajstić information content (AvgIpc) is 2.35. The number of carbonyl (C=O) groups excluding carboxylic acids is 1. The molecule has 0 bridgehead atoms. The zero-order valence-corrected chi connectivity index (χ0v) is 11.2. The summed E-state index contributed by atoms with van der Waals surface area (Å²) in [5.41, 5.74) is 0. The topological polar surface area (TPSA) is 26.3 Å². The van der Waals surface area contributed by atoms with Crippen LogP contribution in [0.1, 0.15) is 13.3 Å². The van der Waals surface area contributed by atoms with E-state index in [2.05, 4.69) is 0 Å². The van der Waals surface area contributed by atoms with E-state index in [-0.39, 0.29) is 26.5 Å². The Morgan fingerprint density at radius 1 is 1.20 bits per heavy atom. The van der Waals surface area contributed by atoms with Crippen LogP contribution in [0.5, 0.6) is 0 Å². The Bertz CT molecular complexity index is 347. The molecule has 0 amide bonds. The molecule has 2 nitrogen and oxygen atoms in total. The molecule has 0 radical (unpaired) electrons. The molecule has 0 N–H and O–H groups in total. The Kier molecular flexibility index (Phi) is 4.24. The molecule has 0 spiro atoms. The molecule has 0 aliphatic heterocycles. The molecular formula is C8H5Cl5O2. The summed E-state index contributed by atoms with van der Waals surface area (Å²) in [6.07, 6.45) is 0.137. The number of carbonyl (C=O) groups is 1. The summed E-state index contributed by atoms with van der Waals surface area (Å²) >= 11 is 29.0. The second-order valence-corrected chi connectivity index (χ2v) is 4.72. The zero-order valence-electron chi connectivity index (χ0n) is 7.41. The fourth-order valence-corrected chi connectivity index (χ4v) is 2.32. The van der Waals surface area contributed by atoms with E-state index in [0.29, 0.717) is 0 Å². The molecule has 1 aliphatic rings. The summed E-state index contributed by atoms with van der Waals surface area (Å²) in [4.78, 5) is 11.1. The Labute approximate surface area is 112 Å². The number of halogens is 5. The molecule has 0 fully saturated rings. The highest BCUT2D eigenvalue weighted by Crippen LogP contribution is 2.52. The van der Waals surface area contributed by atoms with E-state index in [9.17, 15) is 4.79 Å². The number of hydrogen-bond donors (Lipinski definition) is 0. The molecule has 0 aromatic rings. The molecule has 0 atom stereocenters. The number of rotatable bonds is 2. The Balaban J connectivity index is 3.10. The lowest BCUT2D eigenvalue weighted by Gasteiger charge is -2.22. The van der Waals surface area contributed by atoms with Gasteiger partial charge in [-0.1, -0.05) is 64.9 Å². The summed E-state index contributed by atoms with van der Waals surface area (Å²) in [7, 11) is 0. The van der Waals surface area contributed by atoms with Crippen LogP contribution in [0, 0.1) is 0 Å². The standard InChI is InChI=1S/C8H5Cl5O2/c1-2-3(14)15-8(13)6(11)4(9)5(10)7(8)12/h2H2,1H3. The van der Waals surface area contributed by atoms with Crippen molar-refractivity contribution in [1.29, 1.82) is 0 Å². The van der Waals surface area contributed by atoms with Crippen molar-refractivity contribution in [3.05, 3.63) is 20.1 Å². The first-order valence-electron chi connectivity index (χ1n) is 3.87. The van der Waals surface area contributed by atoms with Gasteiger partial charge in [-0.05, 0) is 0 Å². The predicted molar refractivity (Wildman–Crippen MR) is 62.4 cm³/mol. The van der Waals surface area contributed by atoms with Crippen LogP contribution in [0.25, 0.3) is 0 Å². The van der Waals surface area contributed by atoms with Gasteiger partial charge in [-0.2, -0.15) is 0 Å². The number of alkyl halides is 1. The van der Waals surface area contributed by atoms with E-state index < -0.39 is 11.0 Å². The van der Waals surface area contributed by atoms with E-state index >= 15 is 0 Å². The van der Waals surface area contributed by atoms with E-state index in [1.54, 1.807) is 6.92 Å². The van der Waals surface area contributed by atoms with Crippen molar-refractivity contribution in [2.24, 2.45) is 0 Å². The van der Waals surface area contributed by atoms with Gasteiger partial charge in [0.15, 0.2) is 0 Å². The first-order valence-corrected chi connectivity index (χ1v) is 5.76. The molecule has 0 heterocycles. The number of esters is 1. The quantitative estimate of drug-likeness (QED) is 0.562. The lowest BCUT2D eigenvalue weighted by Crippen LogP contribution is -2.28. The molecule has 84 valence electrons. The summed E-state index contributed by atoms with van der Waals surface area (Å²) in [6.45, 7) is 1.61. The Morgan fingerprint density at radius 2 is 1.60 bits per heavy atom. The molecule has 0 unspecified atom stereocenters. The lowest BCUT2D eigenvalue weighted by molar-refractivity contribution is -0.147. The fraction of sp³-hybridized carbons (Fsp3) is 0.375. The van der Waals surface area contributed by atoms with Crippen molar-refractivity contribution in [1.82, 2.24) is 0 Å². The van der Waals surface area contributed by atoms with Crippen LogP contribution >= 0.6 is 58.0 Å². The average molecular weight is 310 g/mol. The number of hydrogen-bond acceptors (Lipinski definition) is 2. The molecule has 0 saturated carbocycles. The second kappa shape index (κ2) is 4.72. The predicted octanol–water partition coefficient (Wildman–Crippen LogP) is 4.27. The van der Waals surface area contributed by atoms with Gasteiger partial charge in [-0.15, -0.1) is 0 Å².